The normalized spacial score (nSPS) is 47.0. The molecule has 0 aromatic heterocycles. The maximum Gasteiger partial charge on any atom is 0.138 e. The van der Waals surface area contributed by atoms with Crippen molar-refractivity contribution in [3.8, 4) is 0 Å². The molecule has 4 aliphatic rings. The molecule has 0 radical (unpaired) electrons. The highest BCUT2D eigenvalue weighted by Gasteiger charge is 2.69. The van der Waals surface area contributed by atoms with Crippen LogP contribution in [-0.4, -0.2) is 27.2 Å². The fourth-order valence-electron chi connectivity index (χ4n) is 10.0. The van der Waals surface area contributed by atoms with E-state index in [0.717, 1.165) is 19.3 Å². The van der Waals surface area contributed by atoms with Crippen molar-refractivity contribution in [2.45, 2.75) is 124 Å². The van der Waals surface area contributed by atoms with Gasteiger partial charge in [0.15, 0.2) is 0 Å². The van der Waals surface area contributed by atoms with Crippen LogP contribution in [0.15, 0.2) is 12.2 Å². The quantitative estimate of drug-likeness (QED) is 0.460. The zero-order valence-corrected chi connectivity index (χ0v) is 22.6. The molecule has 4 fully saturated rings. The Morgan fingerprint density at radius 3 is 2.15 bits per heavy atom. The first kappa shape index (κ1) is 25.4. The SMILES string of the molecule is CC(C)(O)/C=C/C[C@](C)(O)[C@H]1CC[C@]2(C)[C@@H]1CC[C@@H]1[C@@]3(C)CCC(=O)C(C)(C)[C@@H]3CC[C@]12C. The number of hydrogen-bond acceptors (Lipinski definition) is 3. The van der Waals surface area contributed by atoms with Gasteiger partial charge < -0.3 is 10.2 Å². The smallest absolute Gasteiger partial charge is 0.138 e. The predicted molar refractivity (Wildman–Crippen MR) is 135 cm³/mol. The second-order valence-electron chi connectivity index (χ2n) is 14.6. The summed E-state index contributed by atoms with van der Waals surface area (Å²) in [5.41, 5.74) is -1.02. The van der Waals surface area contributed by atoms with Crippen LogP contribution in [0.2, 0.25) is 0 Å². The second-order valence-corrected chi connectivity index (χ2v) is 14.6. The van der Waals surface area contributed by atoms with Crippen LogP contribution in [0.4, 0.5) is 0 Å². The Hall–Kier alpha value is -0.670. The third-order valence-corrected chi connectivity index (χ3v) is 12.0. The van der Waals surface area contributed by atoms with E-state index < -0.39 is 11.2 Å². The molecule has 0 aliphatic heterocycles. The minimum Gasteiger partial charge on any atom is -0.390 e. The third kappa shape index (κ3) is 3.70. The molecule has 0 spiro atoms. The molecule has 0 saturated heterocycles. The van der Waals surface area contributed by atoms with Gasteiger partial charge in [-0.15, -0.1) is 0 Å². The maximum atomic E-state index is 12.9. The molecule has 8 atom stereocenters. The van der Waals surface area contributed by atoms with E-state index in [1.807, 2.05) is 19.1 Å². The molecule has 3 heteroatoms. The summed E-state index contributed by atoms with van der Waals surface area (Å²) >= 11 is 0. The van der Waals surface area contributed by atoms with Crippen molar-refractivity contribution >= 4 is 5.78 Å². The number of carbonyl (C=O) groups is 1. The third-order valence-electron chi connectivity index (χ3n) is 12.0. The summed E-state index contributed by atoms with van der Waals surface area (Å²) in [4.78, 5) is 12.9. The van der Waals surface area contributed by atoms with Crippen LogP contribution in [-0.2, 0) is 4.79 Å². The first-order valence-electron chi connectivity index (χ1n) is 13.6. The van der Waals surface area contributed by atoms with Crippen molar-refractivity contribution in [1.29, 1.82) is 0 Å². The molecular formula is C30H50O3. The Morgan fingerprint density at radius 1 is 0.879 bits per heavy atom. The molecule has 4 rings (SSSR count). The van der Waals surface area contributed by atoms with Crippen molar-refractivity contribution in [2.75, 3.05) is 0 Å². The Morgan fingerprint density at radius 2 is 1.52 bits per heavy atom. The van der Waals surface area contributed by atoms with Crippen LogP contribution >= 0.6 is 0 Å². The van der Waals surface area contributed by atoms with Gasteiger partial charge in [0.1, 0.15) is 5.78 Å². The molecule has 188 valence electrons. The minimum absolute atomic E-state index is 0.194. The number of fused-ring (bicyclic) bond motifs is 5. The van der Waals surface area contributed by atoms with Crippen molar-refractivity contribution in [1.82, 2.24) is 0 Å². The fourth-order valence-corrected chi connectivity index (χ4v) is 10.0. The van der Waals surface area contributed by atoms with E-state index in [1.54, 1.807) is 13.8 Å². The van der Waals surface area contributed by atoms with Gasteiger partial charge in [0.05, 0.1) is 11.2 Å². The Bertz CT molecular complexity index is 817. The lowest BCUT2D eigenvalue weighted by molar-refractivity contribution is -0.206. The molecule has 0 unspecified atom stereocenters. The van der Waals surface area contributed by atoms with E-state index in [-0.39, 0.29) is 21.7 Å². The van der Waals surface area contributed by atoms with E-state index in [9.17, 15) is 15.0 Å². The molecular weight excluding hydrogens is 408 g/mol. The summed E-state index contributed by atoms with van der Waals surface area (Å²) in [5, 5.41) is 21.7. The van der Waals surface area contributed by atoms with Gasteiger partial charge in [-0.3, -0.25) is 4.79 Å². The summed E-state index contributed by atoms with van der Waals surface area (Å²) in [7, 11) is 0. The Balaban J connectivity index is 1.61. The molecule has 4 saturated carbocycles. The molecule has 0 aromatic carbocycles. The monoisotopic (exact) mass is 458 g/mol. The second kappa shape index (κ2) is 7.66. The highest BCUT2D eigenvalue weighted by atomic mass is 16.3. The van der Waals surface area contributed by atoms with Crippen molar-refractivity contribution < 1.29 is 15.0 Å². The molecule has 0 aromatic rings. The lowest BCUT2D eigenvalue weighted by Crippen LogP contribution is -2.63. The van der Waals surface area contributed by atoms with E-state index in [0.29, 0.717) is 35.9 Å². The predicted octanol–water partition coefficient (Wildman–Crippen LogP) is 6.71. The van der Waals surface area contributed by atoms with Crippen LogP contribution < -0.4 is 0 Å². The van der Waals surface area contributed by atoms with Gasteiger partial charge in [-0.25, -0.2) is 0 Å². The molecule has 4 aliphatic carbocycles. The number of ketones is 1. The molecule has 2 N–H and O–H groups in total. The fraction of sp³-hybridized carbons (Fsp3) is 0.900. The first-order valence-corrected chi connectivity index (χ1v) is 13.6. The zero-order chi connectivity index (χ0) is 24.7. The average Bonchev–Trinajstić information content (AvgIpc) is 3.03. The van der Waals surface area contributed by atoms with Crippen molar-refractivity contribution in [3.05, 3.63) is 12.2 Å². The highest BCUT2D eigenvalue weighted by molar-refractivity contribution is 5.85. The lowest BCUT2D eigenvalue weighted by Gasteiger charge is -2.69. The van der Waals surface area contributed by atoms with Gasteiger partial charge in [0, 0.05) is 11.8 Å². The van der Waals surface area contributed by atoms with Gasteiger partial charge in [0.25, 0.3) is 0 Å². The molecule has 33 heavy (non-hydrogen) atoms. The van der Waals surface area contributed by atoms with Gasteiger partial charge in [-0.2, -0.15) is 0 Å². The Kier molecular flexibility index (Phi) is 5.90. The van der Waals surface area contributed by atoms with Gasteiger partial charge in [-0.1, -0.05) is 46.8 Å². The topological polar surface area (TPSA) is 57.5 Å². The van der Waals surface area contributed by atoms with E-state index in [4.69, 9.17) is 0 Å². The largest absolute Gasteiger partial charge is 0.390 e. The van der Waals surface area contributed by atoms with Crippen LogP contribution in [0.5, 0.6) is 0 Å². The lowest BCUT2D eigenvalue weighted by atomic mass is 9.35. The summed E-state index contributed by atoms with van der Waals surface area (Å²) in [6.07, 6.45) is 13.3. The number of Topliss-reactive ketones (excluding diaryl/α,β-unsaturated/α-hetero) is 1. The van der Waals surface area contributed by atoms with Crippen LogP contribution in [0.25, 0.3) is 0 Å². The van der Waals surface area contributed by atoms with Gasteiger partial charge >= 0.3 is 0 Å². The number of aliphatic hydroxyl groups is 2. The molecule has 0 bridgehead atoms. The van der Waals surface area contributed by atoms with Gasteiger partial charge in [-0.05, 0) is 112 Å². The molecule has 0 heterocycles. The van der Waals surface area contributed by atoms with Crippen LogP contribution in [0.1, 0.15) is 113 Å². The van der Waals surface area contributed by atoms with Crippen molar-refractivity contribution in [2.24, 2.45) is 45.3 Å². The highest BCUT2D eigenvalue weighted by Crippen LogP contribution is 2.75. The Labute approximate surface area is 202 Å². The van der Waals surface area contributed by atoms with Crippen molar-refractivity contribution in [3.63, 3.8) is 0 Å². The summed E-state index contributed by atoms with van der Waals surface area (Å²) in [6.45, 7) is 17.7. The van der Waals surface area contributed by atoms with E-state index in [1.165, 1.54) is 32.1 Å². The minimum atomic E-state index is -0.838. The molecule has 3 nitrogen and oxygen atoms in total. The van der Waals surface area contributed by atoms with Crippen LogP contribution in [0, 0.1) is 45.3 Å². The summed E-state index contributed by atoms with van der Waals surface area (Å²) in [6, 6.07) is 0. The summed E-state index contributed by atoms with van der Waals surface area (Å²) < 4.78 is 0. The standard InChI is InChI=1S/C30H50O3/c1-25(2,32)15-9-16-30(8,33)21-12-18-28(6)20(21)10-11-23-27(5)17-14-24(31)26(3,4)22(27)13-19-29(23,28)7/h9,15,20-23,32-33H,10-14,16-19H2,1-8H3/b15-9+/t20-,21+,22+,23-,27+,28-,29-,30+/m1/s1. The number of carbonyl (C=O) groups excluding carboxylic acids is 1. The van der Waals surface area contributed by atoms with E-state index >= 15 is 0 Å². The molecule has 0 amide bonds. The maximum absolute atomic E-state index is 12.9. The summed E-state index contributed by atoms with van der Waals surface area (Å²) in [5.74, 6) is 2.49. The van der Waals surface area contributed by atoms with Gasteiger partial charge in [0.2, 0.25) is 0 Å². The number of hydrogen-bond donors (Lipinski definition) is 2. The average molecular weight is 459 g/mol. The van der Waals surface area contributed by atoms with E-state index in [2.05, 4.69) is 34.6 Å². The first-order chi connectivity index (χ1) is 15.0. The zero-order valence-electron chi connectivity index (χ0n) is 22.6. The number of rotatable bonds is 4. The van der Waals surface area contributed by atoms with Crippen LogP contribution in [0.3, 0.4) is 0 Å².